The van der Waals surface area contributed by atoms with E-state index in [0.29, 0.717) is 0 Å². The molecule has 0 aliphatic carbocycles. The molecule has 0 bridgehead atoms. The summed E-state index contributed by atoms with van der Waals surface area (Å²) in [4.78, 5) is 2.62. The van der Waals surface area contributed by atoms with Crippen molar-refractivity contribution in [3.05, 3.63) is 0 Å². The van der Waals surface area contributed by atoms with Gasteiger partial charge in [-0.2, -0.15) is 0 Å². The molecule has 0 spiro atoms. The fraction of sp³-hybridized carbons (Fsp3) is 1.00. The van der Waals surface area contributed by atoms with Crippen molar-refractivity contribution in [3.63, 3.8) is 0 Å². The summed E-state index contributed by atoms with van der Waals surface area (Å²) in [6.07, 6.45) is 4.24. The van der Waals surface area contributed by atoms with Crippen LogP contribution in [0.3, 0.4) is 0 Å². The van der Waals surface area contributed by atoms with E-state index >= 15 is 0 Å². The van der Waals surface area contributed by atoms with Gasteiger partial charge >= 0.3 is 105 Å². The molecule has 0 unspecified atom stereocenters. The molecule has 0 heterocycles. The second kappa shape index (κ2) is 11.3. The van der Waals surface area contributed by atoms with Crippen LogP contribution in [0.5, 0.6) is 0 Å². The Morgan fingerprint density at radius 1 is 0.867 bits per heavy atom. The molecule has 1 nitrogen and oxygen atoms in total. The maximum absolute atomic E-state index is 2.62. The zero-order chi connectivity index (χ0) is 11.5. The molecule has 0 aliphatic heterocycles. The summed E-state index contributed by atoms with van der Waals surface area (Å²) in [6.45, 7) is 13.3. The molecule has 2 heteroatoms. The van der Waals surface area contributed by atoms with Crippen molar-refractivity contribution in [3.8, 4) is 0 Å². The van der Waals surface area contributed by atoms with Gasteiger partial charge < -0.3 is 0 Å². The zero-order valence-electron chi connectivity index (χ0n) is 11.4. The topological polar surface area (TPSA) is 3.24 Å². The summed E-state index contributed by atoms with van der Waals surface area (Å²) >= 11 is -1.00. The standard InChI is InChI=1S/C8H18N.C3H7.C2H5.In/c1-4-7-9(6-3)8-5-2;1-3-2;1-2;/h1,4-8H2,2-3H3;1,3H2,2H3;1H2,2H3;. The molecule has 0 rings (SSSR count). The van der Waals surface area contributed by atoms with Crippen molar-refractivity contribution in [1.29, 1.82) is 0 Å². The summed E-state index contributed by atoms with van der Waals surface area (Å²) in [5, 5.41) is 0. The number of hydrogen-bond donors (Lipinski definition) is 0. The molecular formula is C13H30InN. The van der Waals surface area contributed by atoms with Crippen LogP contribution in [0, 0.1) is 0 Å². The summed E-state index contributed by atoms with van der Waals surface area (Å²) < 4.78 is 4.86. The Morgan fingerprint density at radius 2 is 1.60 bits per heavy atom. The SMILES string of the molecule is CCCN(CC)CC[CH2][In]([CH2]C)[CH2]CC. The van der Waals surface area contributed by atoms with Crippen LogP contribution < -0.4 is 0 Å². The molecule has 0 aromatic heterocycles. The van der Waals surface area contributed by atoms with Crippen LogP contribution in [0.15, 0.2) is 0 Å². The first-order valence-electron chi connectivity index (χ1n) is 7.00. The van der Waals surface area contributed by atoms with Crippen LogP contribution in [-0.4, -0.2) is 46.0 Å². The normalized spacial score (nSPS) is 11.0. The van der Waals surface area contributed by atoms with Gasteiger partial charge in [0.1, 0.15) is 0 Å². The second-order valence-electron chi connectivity index (χ2n) is 4.64. The third-order valence-corrected chi connectivity index (χ3v) is 14.1. The number of hydrogen-bond acceptors (Lipinski definition) is 1. The molecule has 0 radical (unpaired) electrons. The minimum absolute atomic E-state index is 1.00. The fourth-order valence-corrected chi connectivity index (χ4v) is 9.96. The first-order valence-corrected chi connectivity index (χ1v) is 14.0. The van der Waals surface area contributed by atoms with Gasteiger partial charge in [0, 0.05) is 0 Å². The van der Waals surface area contributed by atoms with Crippen molar-refractivity contribution < 1.29 is 0 Å². The van der Waals surface area contributed by atoms with Crippen molar-refractivity contribution >= 4 is 21.4 Å². The number of rotatable bonds is 10. The average molecular weight is 315 g/mol. The summed E-state index contributed by atoms with van der Waals surface area (Å²) in [5.41, 5.74) is 0. The van der Waals surface area contributed by atoms with Crippen LogP contribution in [-0.2, 0) is 0 Å². The van der Waals surface area contributed by atoms with Gasteiger partial charge in [0.2, 0.25) is 0 Å². The molecule has 15 heavy (non-hydrogen) atoms. The van der Waals surface area contributed by atoms with E-state index in [-0.39, 0.29) is 0 Å². The predicted molar refractivity (Wildman–Crippen MR) is 73.2 cm³/mol. The van der Waals surface area contributed by atoms with E-state index in [1.54, 1.807) is 12.5 Å². The van der Waals surface area contributed by atoms with Crippen LogP contribution >= 0.6 is 0 Å². The zero-order valence-corrected chi connectivity index (χ0v) is 14.7. The van der Waals surface area contributed by atoms with Gasteiger partial charge in [-0.15, -0.1) is 0 Å². The van der Waals surface area contributed by atoms with Crippen LogP contribution in [0.1, 0.15) is 47.0 Å². The molecule has 0 atom stereocenters. The van der Waals surface area contributed by atoms with Crippen molar-refractivity contribution in [2.75, 3.05) is 19.6 Å². The molecule has 0 saturated heterocycles. The molecule has 0 aliphatic rings. The summed E-state index contributed by atoms with van der Waals surface area (Å²) in [6, 6.07) is 0. The minimum atomic E-state index is -1.00. The quantitative estimate of drug-likeness (QED) is 0.588. The van der Waals surface area contributed by atoms with Gasteiger partial charge in [-0.3, -0.25) is 0 Å². The van der Waals surface area contributed by atoms with E-state index in [4.69, 9.17) is 0 Å². The maximum atomic E-state index is 2.62. The fourth-order valence-electron chi connectivity index (χ4n) is 2.31. The Hall–Kier alpha value is 0.830. The third kappa shape index (κ3) is 8.62. The average Bonchev–Trinajstić information content (AvgIpc) is 2.26. The van der Waals surface area contributed by atoms with E-state index in [2.05, 4.69) is 32.6 Å². The van der Waals surface area contributed by atoms with Gasteiger partial charge in [-0.25, -0.2) is 0 Å². The summed E-state index contributed by atoms with van der Waals surface area (Å²) in [7, 11) is 0. The molecule has 90 valence electrons. The Balaban J connectivity index is 3.55. The molecule has 0 aromatic carbocycles. The van der Waals surface area contributed by atoms with Gasteiger partial charge in [-0.1, -0.05) is 0 Å². The van der Waals surface area contributed by atoms with E-state index < -0.39 is 21.4 Å². The van der Waals surface area contributed by atoms with E-state index in [0.717, 1.165) is 0 Å². The van der Waals surface area contributed by atoms with Gasteiger partial charge in [-0.05, 0) is 0 Å². The van der Waals surface area contributed by atoms with E-state index in [9.17, 15) is 0 Å². The third-order valence-electron chi connectivity index (χ3n) is 3.35. The van der Waals surface area contributed by atoms with E-state index in [1.165, 1.54) is 38.9 Å². The van der Waals surface area contributed by atoms with Gasteiger partial charge in [0.15, 0.2) is 0 Å². The summed E-state index contributed by atoms with van der Waals surface area (Å²) in [5.74, 6) is 0. The molecule has 0 amide bonds. The van der Waals surface area contributed by atoms with Crippen molar-refractivity contribution in [2.24, 2.45) is 0 Å². The van der Waals surface area contributed by atoms with Gasteiger partial charge in [0.25, 0.3) is 0 Å². The Bertz CT molecular complexity index is 114. The number of nitrogens with zero attached hydrogens (tertiary/aromatic N) is 1. The van der Waals surface area contributed by atoms with Gasteiger partial charge in [0.05, 0.1) is 0 Å². The monoisotopic (exact) mass is 315 g/mol. The van der Waals surface area contributed by atoms with Crippen LogP contribution in [0.2, 0.25) is 12.5 Å². The van der Waals surface area contributed by atoms with Crippen molar-refractivity contribution in [1.82, 2.24) is 4.90 Å². The Labute approximate surface area is 105 Å². The molecule has 0 fully saturated rings. The van der Waals surface area contributed by atoms with E-state index in [1.807, 2.05) is 0 Å². The Morgan fingerprint density at radius 3 is 2.07 bits per heavy atom. The second-order valence-corrected chi connectivity index (χ2v) is 15.2. The van der Waals surface area contributed by atoms with Crippen molar-refractivity contribution in [2.45, 2.75) is 59.5 Å². The first kappa shape index (κ1) is 15.8. The van der Waals surface area contributed by atoms with Crippen LogP contribution in [0.25, 0.3) is 0 Å². The molecular weight excluding hydrogens is 285 g/mol. The molecule has 0 saturated carbocycles. The van der Waals surface area contributed by atoms with Crippen LogP contribution in [0.4, 0.5) is 0 Å². The predicted octanol–water partition coefficient (Wildman–Crippen LogP) is 4.03. The first-order chi connectivity index (χ1) is 7.28. The Kier molecular flexibility index (Phi) is 11.9. The molecule has 0 N–H and O–H groups in total. The molecule has 0 aromatic rings.